The lowest BCUT2D eigenvalue weighted by Crippen LogP contribution is -2.35. The number of aliphatic carboxylic acids is 2. The second kappa shape index (κ2) is 15.0. The summed E-state index contributed by atoms with van der Waals surface area (Å²) in [6, 6.07) is 3.65. The average Bonchev–Trinajstić information content (AvgIpc) is 3.19. The number of hydrogen-bond donors (Lipinski definition) is 2. The lowest BCUT2D eigenvalue weighted by Gasteiger charge is -2.24. The molecule has 1 aliphatic rings. The Bertz CT molecular complexity index is 1040. The summed E-state index contributed by atoms with van der Waals surface area (Å²) in [5.41, 5.74) is 1.58. The lowest BCUT2D eigenvalue weighted by molar-refractivity contribution is -0.193. The number of alkyl halides is 6. The molecule has 1 atom stereocenters. The maximum absolute atomic E-state index is 12.8. The van der Waals surface area contributed by atoms with Gasteiger partial charge in [0.15, 0.2) is 0 Å². The number of aromatic nitrogens is 4. The number of likely N-dealkylation sites (N-methyl/N-ethyl adjacent to an activating group) is 1. The van der Waals surface area contributed by atoms with Gasteiger partial charge in [-0.1, -0.05) is 0 Å². The molecular formula is C21H26F6N6O6. The van der Waals surface area contributed by atoms with Gasteiger partial charge >= 0.3 is 24.3 Å². The molecule has 2 N–H and O–H groups in total. The van der Waals surface area contributed by atoms with Crippen molar-refractivity contribution in [2.75, 3.05) is 40.4 Å². The maximum Gasteiger partial charge on any atom is 0.490 e. The molecule has 2 aromatic heterocycles. The van der Waals surface area contributed by atoms with E-state index in [1.165, 1.54) is 12.4 Å². The van der Waals surface area contributed by atoms with Crippen LogP contribution in [0.3, 0.4) is 0 Å². The highest BCUT2D eigenvalue weighted by Crippen LogP contribution is 2.18. The predicted octanol–water partition coefficient (Wildman–Crippen LogP) is 1.79. The monoisotopic (exact) mass is 572 g/mol. The molecule has 12 nitrogen and oxygen atoms in total. The number of rotatable bonds is 6. The number of carbonyl (C=O) groups excluding carboxylic acids is 1. The maximum atomic E-state index is 12.8. The van der Waals surface area contributed by atoms with Gasteiger partial charge in [-0.3, -0.25) is 9.48 Å². The second-order valence-electron chi connectivity index (χ2n) is 8.17. The van der Waals surface area contributed by atoms with Crippen LogP contribution in [0.1, 0.15) is 16.1 Å². The Morgan fingerprint density at radius 3 is 2.08 bits per heavy atom. The third kappa shape index (κ3) is 12.5. The van der Waals surface area contributed by atoms with Crippen molar-refractivity contribution in [1.29, 1.82) is 0 Å². The molecule has 0 saturated heterocycles. The molecular weight excluding hydrogens is 546 g/mol. The van der Waals surface area contributed by atoms with Crippen molar-refractivity contribution in [1.82, 2.24) is 29.8 Å². The Morgan fingerprint density at radius 2 is 1.59 bits per heavy atom. The van der Waals surface area contributed by atoms with Crippen LogP contribution in [0.2, 0.25) is 0 Å². The van der Waals surface area contributed by atoms with Gasteiger partial charge in [-0.05, 0) is 26.2 Å². The van der Waals surface area contributed by atoms with Gasteiger partial charge < -0.3 is 24.7 Å². The van der Waals surface area contributed by atoms with Gasteiger partial charge in [0.25, 0.3) is 5.91 Å². The van der Waals surface area contributed by atoms with E-state index in [1.807, 2.05) is 29.7 Å². The number of carboxylic acid groups (broad SMARTS) is 2. The first-order chi connectivity index (χ1) is 18.0. The molecule has 218 valence electrons. The smallest absolute Gasteiger partial charge is 0.475 e. The van der Waals surface area contributed by atoms with Gasteiger partial charge in [0.1, 0.15) is 0 Å². The fourth-order valence-electron chi connectivity index (χ4n) is 2.89. The number of carboxylic acids is 2. The Kier molecular flexibility index (Phi) is 12.7. The molecule has 0 aliphatic carbocycles. The van der Waals surface area contributed by atoms with E-state index in [2.05, 4.69) is 20.2 Å². The van der Waals surface area contributed by atoms with Gasteiger partial charge in [0.2, 0.25) is 0 Å². The zero-order valence-electron chi connectivity index (χ0n) is 20.7. The van der Waals surface area contributed by atoms with Crippen molar-refractivity contribution in [2.24, 2.45) is 5.92 Å². The van der Waals surface area contributed by atoms with Crippen LogP contribution in [0.15, 0.2) is 30.7 Å². The Hall–Kier alpha value is -3.80. The number of ether oxygens (including phenoxy) is 1. The molecule has 1 aliphatic heterocycles. The molecule has 0 aromatic carbocycles. The molecule has 18 heteroatoms. The number of amides is 1. The van der Waals surface area contributed by atoms with E-state index in [0.29, 0.717) is 31.9 Å². The first-order valence-corrected chi connectivity index (χ1v) is 10.9. The summed E-state index contributed by atoms with van der Waals surface area (Å²) in [4.78, 5) is 34.6. The van der Waals surface area contributed by atoms with E-state index in [1.54, 1.807) is 12.3 Å². The summed E-state index contributed by atoms with van der Waals surface area (Å²) >= 11 is 0. The van der Waals surface area contributed by atoms with Crippen molar-refractivity contribution < 1.29 is 55.7 Å². The third-order valence-corrected chi connectivity index (χ3v) is 4.71. The number of carbonyl (C=O) groups is 3. The minimum atomic E-state index is -5.08. The molecule has 0 fully saturated rings. The molecule has 0 radical (unpaired) electrons. The Balaban J connectivity index is 0.000000449. The zero-order valence-corrected chi connectivity index (χ0v) is 20.7. The second-order valence-corrected chi connectivity index (χ2v) is 8.17. The normalized spacial score (nSPS) is 15.2. The summed E-state index contributed by atoms with van der Waals surface area (Å²) < 4.78 is 71.3. The Labute approximate surface area is 217 Å². The lowest BCUT2D eigenvalue weighted by atomic mass is 10.1. The standard InChI is InChI=1S/C17H24N6O2.2C2HF3O2/c1-21(2)7-8-25-13-14-10-22(12-16-4-6-20-23(16)11-14)17(24)15-3-5-18-19-9-15;2*3-2(4,5)1(6)7/h3-6,9,14H,7-8,10-13H2,1-2H3;2*(H,6,7). The summed E-state index contributed by atoms with van der Waals surface area (Å²) in [6.07, 6.45) is -5.34. The molecule has 3 rings (SSSR count). The first-order valence-electron chi connectivity index (χ1n) is 10.9. The van der Waals surface area contributed by atoms with E-state index < -0.39 is 24.3 Å². The topological polar surface area (TPSA) is 151 Å². The molecule has 1 amide bonds. The van der Waals surface area contributed by atoms with E-state index in [-0.39, 0.29) is 11.8 Å². The van der Waals surface area contributed by atoms with Crippen LogP contribution in [0.4, 0.5) is 26.3 Å². The van der Waals surface area contributed by atoms with Crippen LogP contribution in [0.5, 0.6) is 0 Å². The summed E-state index contributed by atoms with van der Waals surface area (Å²) in [5, 5.41) is 26.2. The number of halogens is 6. The highest BCUT2D eigenvalue weighted by Gasteiger charge is 2.38. The van der Waals surface area contributed by atoms with Gasteiger partial charge in [-0.15, -0.1) is 0 Å². The summed E-state index contributed by atoms with van der Waals surface area (Å²) in [7, 11) is 4.04. The fraction of sp³-hybridized carbons (Fsp3) is 0.524. The number of hydrogen-bond acceptors (Lipinski definition) is 8. The van der Waals surface area contributed by atoms with Crippen LogP contribution in [0.25, 0.3) is 0 Å². The minimum Gasteiger partial charge on any atom is -0.475 e. The SMILES string of the molecule is CN(C)CCOCC1CN(C(=O)c2ccnnc2)Cc2ccnn2C1.O=C(O)C(F)(F)F.O=C(O)C(F)(F)F. The molecule has 0 bridgehead atoms. The van der Waals surface area contributed by atoms with Crippen molar-refractivity contribution in [3.63, 3.8) is 0 Å². The average molecular weight is 572 g/mol. The quantitative estimate of drug-likeness (QED) is 0.387. The van der Waals surface area contributed by atoms with E-state index in [4.69, 9.17) is 24.5 Å². The van der Waals surface area contributed by atoms with Crippen LogP contribution in [0, 0.1) is 5.92 Å². The largest absolute Gasteiger partial charge is 0.490 e. The van der Waals surface area contributed by atoms with Crippen molar-refractivity contribution >= 4 is 17.8 Å². The van der Waals surface area contributed by atoms with Crippen LogP contribution in [-0.2, 0) is 27.4 Å². The van der Waals surface area contributed by atoms with E-state index in [0.717, 1.165) is 18.8 Å². The highest BCUT2D eigenvalue weighted by molar-refractivity contribution is 5.93. The molecule has 3 heterocycles. The van der Waals surface area contributed by atoms with Crippen molar-refractivity contribution in [3.05, 3.63) is 42.0 Å². The van der Waals surface area contributed by atoms with Gasteiger partial charge in [0.05, 0.1) is 43.4 Å². The zero-order chi connectivity index (χ0) is 29.8. The molecule has 0 saturated carbocycles. The van der Waals surface area contributed by atoms with Crippen LogP contribution >= 0.6 is 0 Å². The van der Waals surface area contributed by atoms with Crippen molar-refractivity contribution in [3.8, 4) is 0 Å². The third-order valence-electron chi connectivity index (χ3n) is 4.71. The number of nitrogens with zero attached hydrogens (tertiary/aromatic N) is 6. The molecule has 0 spiro atoms. The van der Waals surface area contributed by atoms with Gasteiger partial charge in [-0.2, -0.15) is 41.6 Å². The first kappa shape index (κ1) is 33.2. The van der Waals surface area contributed by atoms with E-state index >= 15 is 0 Å². The number of fused-ring (bicyclic) bond motifs is 1. The molecule has 1 unspecified atom stereocenters. The molecule has 39 heavy (non-hydrogen) atoms. The summed E-state index contributed by atoms with van der Waals surface area (Å²) in [6.45, 7) is 4.08. The fourth-order valence-corrected chi connectivity index (χ4v) is 2.89. The molecule has 2 aromatic rings. The van der Waals surface area contributed by atoms with Crippen LogP contribution in [-0.4, -0.2) is 111 Å². The van der Waals surface area contributed by atoms with Gasteiger partial charge in [0, 0.05) is 31.7 Å². The minimum absolute atomic E-state index is 0.0390. The van der Waals surface area contributed by atoms with Gasteiger partial charge in [-0.25, -0.2) is 9.59 Å². The highest BCUT2D eigenvalue weighted by atomic mass is 19.4. The van der Waals surface area contributed by atoms with Crippen molar-refractivity contribution in [2.45, 2.75) is 25.4 Å². The predicted molar refractivity (Wildman–Crippen MR) is 119 cm³/mol. The Morgan fingerprint density at radius 1 is 1.00 bits per heavy atom. The van der Waals surface area contributed by atoms with Crippen LogP contribution < -0.4 is 0 Å². The van der Waals surface area contributed by atoms with E-state index in [9.17, 15) is 31.1 Å². The summed E-state index contributed by atoms with van der Waals surface area (Å²) in [5.74, 6) is -5.36.